The summed E-state index contributed by atoms with van der Waals surface area (Å²) < 4.78 is 1.98. The van der Waals surface area contributed by atoms with Crippen LogP contribution in [0.5, 0.6) is 0 Å². The van der Waals surface area contributed by atoms with E-state index in [1.54, 1.807) is 6.20 Å². The fourth-order valence-corrected chi connectivity index (χ4v) is 1.41. The molecule has 1 aromatic rings. The molecule has 3 heteroatoms. The van der Waals surface area contributed by atoms with Gasteiger partial charge in [0.25, 0.3) is 0 Å². The number of nitrogens with one attached hydrogen (secondary N) is 1. The van der Waals surface area contributed by atoms with Gasteiger partial charge in [0.1, 0.15) is 0 Å². The Kier molecular flexibility index (Phi) is 3.29. The molecule has 1 aromatic heterocycles. The van der Waals surface area contributed by atoms with Crippen LogP contribution >= 0.6 is 0 Å². The van der Waals surface area contributed by atoms with E-state index in [4.69, 9.17) is 0 Å². The molecule has 1 N–H and O–H groups in total. The van der Waals surface area contributed by atoms with Crippen molar-refractivity contribution < 1.29 is 17.0 Å². The molecule has 69 valence electrons. The van der Waals surface area contributed by atoms with E-state index in [0.717, 1.165) is 5.56 Å². The Morgan fingerprint density at radius 3 is 2.69 bits per heavy atom. The van der Waals surface area contributed by atoms with Gasteiger partial charge in [0.05, 0.1) is 0 Å². The van der Waals surface area contributed by atoms with Gasteiger partial charge in [-0.1, -0.05) is 0 Å². The van der Waals surface area contributed by atoms with Crippen molar-refractivity contribution >= 4 is 10.3 Å². The molecule has 2 nitrogen and oxygen atoms in total. The van der Waals surface area contributed by atoms with E-state index in [-0.39, 0.29) is 5.41 Å². The average molecular weight is 212 g/mol. The Hall–Kier alpha value is -0.596. The van der Waals surface area contributed by atoms with Crippen molar-refractivity contribution in [1.82, 2.24) is 10.2 Å². The molecule has 0 bridgehead atoms. The van der Waals surface area contributed by atoms with Gasteiger partial charge in [-0.15, -0.1) is 0 Å². The van der Waals surface area contributed by atoms with Crippen LogP contribution in [0, 0.1) is 11.6 Å². The summed E-state index contributed by atoms with van der Waals surface area (Å²) in [7, 11) is 0. The third-order valence-electron chi connectivity index (χ3n) is 1.79. The molecule has 0 spiro atoms. The zero-order chi connectivity index (χ0) is 9.90. The summed E-state index contributed by atoms with van der Waals surface area (Å²) in [5.41, 5.74) is 2.40. The van der Waals surface area contributed by atoms with Crippen LogP contribution in [-0.4, -0.2) is 14.9 Å². The summed E-state index contributed by atoms with van der Waals surface area (Å²) in [6, 6.07) is 0. The Morgan fingerprint density at radius 1 is 1.62 bits per heavy atom. The number of allylic oxidation sites excluding steroid dienone is 2. The maximum absolute atomic E-state index is 3.90. The van der Waals surface area contributed by atoms with E-state index in [9.17, 15) is 0 Å². The fourth-order valence-electron chi connectivity index (χ4n) is 1.18. The monoisotopic (exact) mass is 212 g/mol. The molecule has 1 heterocycles. The van der Waals surface area contributed by atoms with Gasteiger partial charge >= 0.3 is 87.7 Å². The second-order valence-corrected chi connectivity index (χ2v) is 4.35. The second kappa shape index (κ2) is 4.08. The average Bonchev–Trinajstić information content (AvgIpc) is 2.49. The van der Waals surface area contributed by atoms with Gasteiger partial charge < -0.3 is 0 Å². The van der Waals surface area contributed by atoms with E-state index in [1.165, 1.54) is 5.57 Å². The molecule has 0 atom stereocenters. The molecule has 1 rings (SSSR count). The molecule has 0 saturated heterocycles. The molecular formula is C10H13N2V-. The van der Waals surface area contributed by atoms with Crippen molar-refractivity contribution in [2.45, 2.75) is 20.8 Å². The Bertz CT molecular complexity index is 304. The first-order valence-corrected chi connectivity index (χ1v) is 4.96. The number of nitrogens with zero attached hydrogens (tertiary/aromatic N) is 1. The Labute approximate surface area is 87.9 Å². The van der Waals surface area contributed by atoms with Gasteiger partial charge in [-0.05, 0) is 0 Å². The van der Waals surface area contributed by atoms with E-state index >= 15 is 0 Å². The van der Waals surface area contributed by atoms with Crippen LogP contribution in [0.1, 0.15) is 26.3 Å². The molecule has 0 aliphatic rings. The predicted molar refractivity (Wildman–Crippen MR) is 50.9 cm³/mol. The maximum atomic E-state index is 3.90. The zero-order valence-electron chi connectivity index (χ0n) is 8.13. The molecule has 0 unspecified atom stereocenters. The molecule has 13 heavy (non-hydrogen) atoms. The van der Waals surface area contributed by atoms with Gasteiger partial charge in [-0.25, -0.2) is 0 Å². The predicted octanol–water partition coefficient (Wildman–Crippen LogP) is 1.99. The van der Waals surface area contributed by atoms with Gasteiger partial charge in [0, 0.05) is 0 Å². The molecule has 0 aromatic carbocycles. The van der Waals surface area contributed by atoms with Crippen molar-refractivity contribution in [2.24, 2.45) is 5.41 Å². The summed E-state index contributed by atoms with van der Waals surface area (Å²) in [4.78, 5) is 0. The van der Waals surface area contributed by atoms with Crippen LogP contribution in [0.3, 0.4) is 0 Å². The van der Waals surface area contributed by atoms with E-state index in [2.05, 4.69) is 60.2 Å². The van der Waals surface area contributed by atoms with Crippen molar-refractivity contribution in [1.29, 1.82) is 0 Å². The zero-order valence-corrected chi connectivity index (χ0v) is 9.52. The fraction of sp³-hybridized carbons (Fsp3) is 0.400. The first-order valence-electron chi connectivity index (χ1n) is 4.15. The molecule has 0 saturated carbocycles. The Morgan fingerprint density at radius 2 is 2.31 bits per heavy atom. The van der Waals surface area contributed by atoms with Crippen LogP contribution in [0.4, 0.5) is 0 Å². The molecule has 0 aliphatic heterocycles. The SMILES string of the molecule is CC(C)(C)C(=C[CH]=[V])c1[c-][nH]nc1. The number of aromatic amines is 1. The first-order chi connectivity index (χ1) is 6.05. The topological polar surface area (TPSA) is 28.7 Å². The summed E-state index contributed by atoms with van der Waals surface area (Å²) in [6.07, 6.45) is 6.88. The number of aromatic nitrogens is 2. The van der Waals surface area contributed by atoms with E-state index in [0.29, 0.717) is 0 Å². The van der Waals surface area contributed by atoms with Crippen molar-refractivity contribution in [2.75, 3.05) is 0 Å². The second-order valence-electron chi connectivity index (χ2n) is 3.89. The van der Waals surface area contributed by atoms with Gasteiger partial charge in [-0.2, -0.15) is 0 Å². The number of rotatable bonds is 2. The summed E-state index contributed by atoms with van der Waals surface area (Å²) >= 11 is 2.44. The molecule has 0 fully saturated rings. The first kappa shape index (κ1) is 10.5. The quantitative estimate of drug-likeness (QED) is 0.746. The normalized spacial score (nSPS) is 12.9. The minimum atomic E-state index is 0.122. The third kappa shape index (κ3) is 2.68. The van der Waals surface area contributed by atoms with Gasteiger partial charge in [0.15, 0.2) is 0 Å². The van der Waals surface area contributed by atoms with Crippen LogP contribution in [0.25, 0.3) is 5.57 Å². The van der Waals surface area contributed by atoms with E-state index < -0.39 is 0 Å². The Balaban J connectivity index is 3.09. The van der Waals surface area contributed by atoms with Crippen molar-refractivity contribution in [3.8, 4) is 0 Å². The number of H-pyrrole nitrogens is 1. The third-order valence-corrected chi connectivity index (χ3v) is 2.02. The molecule has 0 aliphatic carbocycles. The summed E-state index contributed by atoms with van der Waals surface area (Å²) in [5.74, 6) is 0. The summed E-state index contributed by atoms with van der Waals surface area (Å²) in [6.45, 7) is 6.53. The standard InChI is InChI=1S/C10H13N2.V/c1-5-9(10(2,3)4)8-6-11-12-7-8;/h1,5-6H,2-4H3,(H,11,12);/q-1;. The minimum absolute atomic E-state index is 0.122. The van der Waals surface area contributed by atoms with Crippen LogP contribution in [-0.2, 0) is 17.0 Å². The molecular weight excluding hydrogens is 199 g/mol. The van der Waals surface area contributed by atoms with Crippen LogP contribution in [0.2, 0.25) is 0 Å². The number of hydrogen-bond donors (Lipinski definition) is 1. The van der Waals surface area contributed by atoms with Gasteiger partial charge in [-0.3, -0.25) is 0 Å². The van der Waals surface area contributed by atoms with Crippen LogP contribution in [0.15, 0.2) is 12.3 Å². The van der Waals surface area contributed by atoms with Crippen molar-refractivity contribution in [3.63, 3.8) is 0 Å². The number of hydrogen-bond acceptors (Lipinski definition) is 1. The van der Waals surface area contributed by atoms with Gasteiger partial charge in [0.2, 0.25) is 0 Å². The van der Waals surface area contributed by atoms with E-state index in [1.807, 2.05) is 4.73 Å². The molecule has 0 amide bonds. The van der Waals surface area contributed by atoms with Crippen molar-refractivity contribution in [3.05, 3.63) is 24.0 Å². The summed E-state index contributed by atoms with van der Waals surface area (Å²) in [5, 5.41) is 6.60. The van der Waals surface area contributed by atoms with Crippen LogP contribution < -0.4 is 0 Å². The molecule has 0 radical (unpaired) electrons.